The first-order valence-electron chi connectivity index (χ1n) is 6.16. The Morgan fingerprint density at radius 2 is 2.05 bits per heavy atom. The molecule has 0 unspecified atom stereocenters. The molecule has 0 radical (unpaired) electrons. The number of aromatic amines is 1. The second kappa shape index (κ2) is 6.04. The molecule has 21 heavy (non-hydrogen) atoms. The van der Waals surface area contributed by atoms with Crippen LogP contribution in [0.3, 0.4) is 0 Å². The SMILES string of the molecule is CCC(=O)Oc1ccc(-c2n[nH]nc2C(N)=O)cc1OC. The third kappa shape index (κ3) is 2.99. The molecule has 110 valence electrons. The topological polar surface area (TPSA) is 120 Å². The van der Waals surface area contributed by atoms with Crippen molar-refractivity contribution in [1.29, 1.82) is 0 Å². The first kappa shape index (κ1) is 14.5. The van der Waals surface area contributed by atoms with E-state index in [4.69, 9.17) is 15.2 Å². The maximum Gasteiger partial charge on any atom is 0.311 e. The summed E-state index contributed by atoms with van der Waals surface area (Å²) in [5.74, 6) is -0.440. The van der Waals surface area contributed by atoms with Crippen molar-refractivity contribution in [2.24, 2.45) is 5.73 Å². The van der Waals surface area contributed by atoms with Crippen LogP contribution in [0.1, 0.15) is 23.8 Å². The molecule has 2 aromatic rings. The Morgan fingerprint density at radius 3 is 2.67 bits per heavy atom. The minimum atomic E-state index is -0.695. The van der Waals surface area contributed by atoms with Gasteiger partial charge < -0.3 is 15.2 Å². The minimum absolute atomic E-state index is 0.0235. The van der Waals surface area contributed by atoms with Crippen molar-refractivity contribution in [2.75, 3.05) is 7.11 Å². The second-order valence-electron chi connectivity index (χ2n) is 4.08. The van der Waals surface area contributed by atoms with Crippen LogP contribution in [0.25, 0.3) is 11.3 Å². The number of hydrogen-bond acceptors (Lipinski definition) is 6. The van der Waals surface area contributed by atoms with E-state index < -0.39 is 5.91 Å². The van der Waals surface area contributed by atoms with E-state index in [2.05, 4.69) is 15.4 Å². The highest BCUT2D eigenvalue weighted by Crippen LogP contribution is 2.32. The molecule has 8 nitrogen and oxygen atoms in total. The van der Waals surface area contributed by atoms with Crippen LogP contribution in [-0.4, -0.2) is 34.4 Å². The molecule has 0 saturated heterocycles. The van der Waals surface area contributed by atoms with Crippen molar-refractivity contribution < 1.29 is 19.1 Å². The van der Waals surface area contributed by atoms with Crippen LogP contribution in [0.15, 0.2) is 18.2 Å². The molecule has 0 aliphatic heterocycles. The lowest BCUT2D eigenvalue weighted by Crippen LogP contribution is -2.12. The van der Waals surface area contributed by atoms with Gasteiger partial charge in [-0.05, 0) is 18.2 Å². The van der Waals surface area contributed by atoms with Crippen molar-refractivity contribution in [3.63, 3.8) is 0 Å². The monoisotopic (exact) mass is 290 g/mol. The van der Waals surface area contributed by atoms with Gasteiger partial charge in [0, 0.05) is 12.0 Å². The van der Waals surface area contributed by atoms with Gasteiger partial charge in [-0.1, -0.05) is 6.92 Å². The van der Waals surface area contributed by atoms with Crippen LogP contribution in [0.4, 0.5) is 0 Å². The van der Waals surface area contributed by atoms with Crippen molar-refractivity contribution in [3.8, 4) is 22.8 Å². The molecule has 8 heteroatoms. The van der Waals surface area contributed by atoms with Crippen LogP contribution in [0.2, 0.25) is 0 Å². The van der Waals surface area contributed by atoms with Crippen molar-refractivity contribution in [2.45, 2.75) is 13.3 Å². The number of nitrogens with one attached hydrogen (secondary N) is 1. The number of aromatic nitrogens is 3. The van der Waals surface area contributed by atoms with E-state index in [1.807, 2.05) is 0 Å². The molecule has 0 aliphatic carbocycles. The molecule has 0 bridgehead atoms. The minimum Gasteiger partial charge on any atom is -0.493 e. The zero-order valence-electron chi connectivity index (χ0n) is 11.5. The summed E-state index contributed by atoms with van der Waals surface area (Å²) in [6.45, 7) is 1.69. The Kier molecular flexibility index (Phi) is 4.17. The van der Waals surface area contributed by atoms with Gasteiger partial charge in [-0.3, -0.25) is 9.59 Å². The highest BCUT2D eigenvalue weighted by Gasteiger charge is 2.17. The number of rotatable bonds is 5. The highest BCUT2D eigenvalue weighted by molar-refractivity contribution is 5.96. The normalized spacial score (nSPS) is 10.2. The smallest absolute Gasteiger partial charge is 0.311 e. The van der Waals surface area contributed by atoms with E-state index in [1.54, 1.807) is 25.1 Å². The van der Waals surface area contributed by atoms with Crippen molar-refractivity contribution >= 4 is 11.9 Å². The number of esters is 1. The number of hydrogen-bond donors (Lipinski definition) is 2. The van der Waals surface area contributed by atoms with Gasteiger partial charge in [-0.2, -0.15) is 15.4 Å². The second-order valence-corrected chi connectivity index (χ2v) is 4.08. The first-order valence-corrected chi connectivity index (χ1v) is 6.16. The van der Waals surface area contributed by atoms with Gasteiger partial charge >= 0.3 is 5.97 Å². The summed E-state index contributed by atoms with van der Waals surface area (Å²) < 4.78 is 10.3. The fourth-order valence-electron chi connectivity index (χ4n) is 1.70. The molecule has 0 fully saturated rings. The predicted octanol–water partition coefficient (Wildman–Crippen LogP) is 0.895. The molecule has 1 heterocycles. The predicted molar refractivity (Wildman–Crippen MR) is 72.8 cm³/mol. The van der Waals surface area contributed by atoms with Crippen LogP contribution in [-0.2, 0) is 4.79 Å². The number of carbonyl (C=O) groups excluding carboxylic acids is 2. The van der Waals surface area contributed by atoms with E-state index in [1.165, 1.54) is 7.11 Å². The number of ether oxygens (including phenoxy) is 2. The zero-order chi connectivity index (χ0) is 15.4. The van der Waals surface area contributed by atoms with Crippen molar-refractivity contribution in [1.82, 2.24) is 15.4 Å². The van der Waals surface area contributed by atoms with Gasteiger partial charge in [0.25, 0.3) is 5.91 Å². The Hall–Kier alpha value is -2.90. The number of primary amides is 1. The summed E-state index contributed by atoms with van der Waals surface area (Å²) in [7, 11) is 1.44. The maximum atomic E-state index is 11.3. The standard InChI is InChI=1S/C13H14N4O4/c1-3-10(18)21-8-5-4-7(6-9(8)20-2)11-12(13(14)19)16-17-15-11/h4-6H,3H2,1-2H3,(H2,14,19)(H,15,16,17). The third-order valence-electron chi connectivity index (χ3n) is 2.73. The highest BCUT2D eigenvalue weighted by atomic mass is 16.6. The molecule has 1 aromatic carbocycles. The van der Waals surface area contributed by atoms with E-state index >= 15 is 0 Å². The molecule has 0 saturated carbocycles. The molecule has 1 aromatic heterocycles. The van der Waals surface area contributed by atoms with Gasteiger partial charge in [0.15, 0.2) is 17.2 Å². The summed E-state index contributed by atoms with van der Waals surface area (Å²) in [5, 5.41) is 9.93. The molecule has 2 rings (SSSR count). The van der Waals surface area contributed by atoms with E-state index in [9.17, 15) is 9.59 Å². The Bertz CT molecular complexity index is 681. The van der Waals surface area contributed by atoms with Gasteiger partial charge in [-0.15, -0.1) is 0 Å². The van der Waals surface area contributed by atoms with E-state index in [-0.39, 0.29) is 23.8 Å². The number of nitrogens with zero attached hydrogens (tertiary/aromatic N) is 2. The number of methoxy groups -OCH3 is 1. The summed E-state index contributed by atoms with van der Waals surface area (Å²) in [6.07, 6.45) is 0.250. The number of nitrogens with two attached hydrogens (primary N) is 1. The largest absolute Gasteiger partial charge is 0.493 e. The molecular weight excluding hydrogens is 276 g/mol. The molecule has 0 spiro atoms. The van der Waals surface area contributed by atoms with Crippen LogP contribution < -0.4 is 15.2 Å². The Balaban J connectivity index is 2.41. The Labute approximate surface area is 120 Å². The molecule has 3 N–H and O–H groups in total. The molecule has 0 atom stereocenters. The van der Waals surface area contributed by atoms with Gasteiger partial charge in [-0.25, -0.2) is 0 Å². The number of carbonyl (C=O) groups is 2. The van der Waals surface area contributed by atoms with Gasteiger partial charge in [0.05, 0.1) is 7.11 Å². The lowest BCUT2D eigenvalue weighted by atomic mass is 10.1. The van der Waals surface area contributed by atoms with Gasteiger partial charge in [0.1, 0.15) is 5.69 Å². The third-order valence-corrected chi connectivity index (χ3v) is 2.73. The zero-order valence-corrected chi connectivity index (χ0v) is 11.5. The van der Waals surface area contributed by atoms with Gasteiger partial charge in [0.2, 0.25) is 0 Å². The Morgan fingerprint density at radius 1 is 1.29 bits per heavy atom. The fraction of sp³-hybridized carbons (Fsp3) is 0.231. The average molecular weight is 290 g/mol. The summed E-state index contributed by atoms with van der Waals surface area (Å²) in [6, 6.07) is 4.77. The average Bonchev–Trinajstić information content (AvgIpc) is 2.97. The summed E-state index contributed by atoms with van der Waals surface area (Å²) in [4.78, 5) is 22.6. The molecule has 1 amide bonds. The maximum absolute atomic E-state index is 11.3. The van der Waals surface area contributed by atoms with E-state index in [0.717, 1.165) is 0 Å². The fourth-order valence-corrected chi connectivity index (χ4v) is 1.70. The van der Waals surface area contributed by atoms with Crippen molar-refractivity contribution in [3.05, 3.63) is 23.9 Å². The van der Waals surface area contributed by atoms with Crippen LogP contribution >= 0.6 is 0 Å². The molecule has 0 aliphatic rings. The first-order chi connectivity index (χ1) is 10.1. The number of amides is 1. The number of H-pyrrole nitrogens is 1. The lowest BCUT2D eigenvalue weighted by molar-refractivity contribution is -0.134. The summed E-state index contributed by atoms with van der Waals surface area (Å²) >= 11 is 0. The summed E-state index contributed by atoms with van der Waals surface area (Å²) in [5.41, 5.74) is 6.10. The van der Waals surface area contributed by atoms with Crippen LogP contribution in [0.5, 0.6) is 11.5 Å². The van der Waals surface area contributed by atoms with Crippen LogP contribution in [0, 0.1) is 0 Å². The molecular formula is C13H14N4O4. The number of benzene rings is 1. The van der Waals surface area contributed by atoms with E-state index in [0.29, 0.717) is 17.0 Å². The quantitative estimate of drug-likeness (QED) is 0.623. The lowest BCUT2D eigenvalue weighted by Gasteiger charge is -2.09.